The second-order valence-electron chi connectivity index (χ2n) is 3.19. The minimum atomic E-state index is -0.166. The molecule has 1 aliphatic carbocycles. The third-order valence-corrected chi connectivity index (χ3v) is 2.29. The van der Waals surface area contributed by atoms with Crippen LogP contribution in [0.15, 0.2) is 24.0 Å². The maximum absolute atomic E-state index is 9.12. The molecule has 0 heterocycles. The van der Waals surface area contributed by atoms with Gasteiger partial charge in [-0.15, -0.1) is 0 Å². The van der Waals surface area contributed by atoms with E-state index in [4.69, 9.17) is 9.84 Å². The van der Waals surface area contributed by atoms with E-state index in [0.717, 1.165) is 19.3 Å². The monoisotopic (exact) mass is 168 g/mol. The van der Waals surface area contributed by atoms with Gasteiger partial charge in [-0.25, -0.2) is 0 Å². The maximum Gasteiger partial charge on any atom is 0.111 e. The summed E-state index contributed by atoms with van der Waals surface area (Å²) in [5.74, 6) is 0.346. The average Bonchev–Trinajstić information content (AvgIpc) is 2.10. The summed E-state index contributed by atoms with van der Waals surface area (Å²) in [7, 11) is 1.72. The number of rotatable bonds is 3. The second-order valence-corrected chi connectivity index (χ2v) is 3.19. The standard InChI is InChI=1S/C10H16O2/c1-3-6-10(12-2)7-4-9(11)5-8-10/h4-5,7,11H,3,6,8H2,1-2H3. The largest absolute Gasteiger partial charge is 0.508 e. The summed E-state index contributed by atoms with van der Waals surface area (Å²) in [6, 6.07) is 0. The summed E-state index contributed by atoms with van der Waals surface area (Å²) >= 11 is 0. The van der Waals surface area contributed by atoms with Gasteiger partial charge in [-0.2, -0.15) is 0 Å². The van der Waals surface area contributed by atoms with Crippen molar-refractivity contribution >= 4 is 0 Å². The lowest BCUT2D eigenvalue weighted by molar-refractivity contribution is 0.0246. The molecule has 1 rings (SSSR count). The van der Waals surface area contributed by atoms with Gasteiger partial charge in [0.15, 0.2) is 0 Å². The minimum absolute atomic E-state index is 0.166. The van der Waals surface area contributed by atoms with Gasteiger partial charge in [0.25, 0.3) is 0 Å². The van der Waals surface area contributed by atoms with E-state index in [1.54, 1.807) is 19.3 Å². The zero-order chi connectivity index (χ0) is 9.03. The highest BCUT2D eigenvalue weighted by Crippen LogP contribution is 2.28. The molecular weight excluding hydrogens is 152 g/mol. The summed E-state index contributed by atoms with van der Waals surface area (Å²) in [5, 5.41) is 9.12. The van der Waals surface area contributed by atoms with Gasteiger partial charge in [0.05, 0.1) is 5.60 Å². The van der Waals surface area contributed by atoms with Crippen LogP contribution in [0.5, 0.6) is 0 Å². The highest BCUT2D eigenvalue weighted by Gasteiger charge is 2.26. The molecule has 2 nitrogen and oxygen atoms in total. The van der Waals surface area contributed by atoms with E-state index in [1.165, 1.54) is 0 Å². The Labute approximate surface area is 73.5 Å². The van der Waals surface area contributed by atoms with Gasteiger partial charge in [0, 0.05) is 13.5 Å². The predicted molar refractivity (Wildman–Crippen MR) is 49.1 cm³/mol. The lowest BCUT2D eigenvalue weighted by Gasteiger charge is -2.29. The van der Waals surface area contributed by atoms with E-state index in [2.05, 4.69) is 6.92 Å². The van der Waals surface area contributed by atoms with Crippen LogP contribution in [0.1, 0.15) is 26.2 Å². The van der Waals surface area contributed by atoms with Crippen LogP contribution in [0.3, 0.4) is 0 Å². The SMILES string of the molecule is CCCC1(OC)C=CC(O)=CC1. The molecule has 0 aromatic heterocycles. The Morgan fingerprint density at radius 1 is 1.67 bits per heavy atom. The molecule has 1 atom stereocenters. The van der Waals surface area contributed by atoms with Crippen LogP contribution in [0, 0.1) is 0 Å². The highest BCUT2D eigenvalue weighted by molar-refractivity contribution is 5.22. The lowest BCUT2D eigenvalue weighted by atomic mass is 9.90. The van der Waals surface area contributed by atoms with Crippen LogP contribution in [-0.4, -0.2) is 17.8 Å². The van der Waals surface area contributed by atoms with Gasteiger partial charge < -0.3 is 9.84 Å². The van der Waals surface area contributed by atoms with Crippen molar-refractivity contribution in [3.8, 4) is 0 Å². The first kappa shape index (κ1) is 9.33. The van der Waals surface area contributed by atoms with Crippen LogP contribution in [0.4, 0.5) is 0 Å². The molecule has 0 radical (unpaired) electrons. The molecule has 2 heteroatoms. The summed E-state index contributed by atoms with van der Waals surface area (Å²) in [6.45, 7) is 2.13. The smallest absolute Gasteiger partial charge is 0.111 e. The number of aliphatic hydroxyl groups is 1. The van der Waals surface area contributed by atoms with E-state index in [1.807, 2.05) is 6.08 Å². The molecular formula is C10H16O2. The summed E-state index contributed by atoms with van der Waals surface area (Å²) in [4.78, 5) is 0. The Bertz CT molecular complexity index is 206. The van der Waals surface area contributed by atoms with Crippen molar-refractivity contribution < 1.29 is 9.84 Å². The fourth-order valence-electron chi connectivity index (χ4n) is 1.51. The van der Waals surface area contributed by atoms with E-state index in [-0.39, 0.29) is 5.60 Å². The van der Waals surface area contributed by atoms with Gasteiger partial charge in [-0.05, 0) is 24.6 Å². The molecule has 1 unspecified atom stereocenters. The van der Waals surface area contributed by atoms with Gasteiger partial charge in [-0.3, -0.25) is 0 Å². The van der Waals surface area contributed by atoms with Crippen molar-refractivity contribution in [2.75, 3.05) is 7.11 Å². The Morgan fingerprint density at radius 2 is 2.42 bits per heavy atom. The number of hydrogen-bond donors (Lipinski definition) is 1. The zero-order valence-corrected chi connectivity index (χ0v) is 7.71. The molecule has 0 aliphatic heterocycles. The second kappa shape index (κ2) is 3.76. The van der Waals surface area contributed by atoms with Crippen molar-refractivity contribution in [1.29, 1.82) is 0 Å². The Kier molecular flexibility index (Phi) is 2.93. The number of aliphatic hydroxyl groups excluding tert-OH is 1. The molecule has 0 spiro atoms. The van der Waals surface area contributed by atoms with Crippen LogP contribution in [0.2, 0.25) is 0 Å². The van der Waals surface area contributed by atoms with Gasteiger partial charge in [-0.1, -0.05) is 13.3 Å². The van der Waals surface area contributed by atoms with Crippen LogP contribution >= 0.6 is 0 Å². The molecule has 0 amide bonds. The van der Waals surface area contributed by atoms with Crippen molar-refractivity contribution in [3.05, 3.63) is 24.0 Å². The first-order chi connectivity index (χ1) is 5.72. The Balaban J connectivity index is 2.66. The number of allylic oxidation sites excluding steroid dienone is 1. The molecule has 0 aromatic carbocycles. The van der Waals surface area contributed by atoms with E-state index < -0.39 is 0 Å². The Morgan fingerprint density at radius 3 is 2.83 bits per heavy atom. The lowest BCUT2D eigenvalue weighted by Crippen LogP contribution is -2.29. The van der Waals surface area contributed by atoms with Gasteiger partial charge in [0.2, 0.25) is 0 Å². The molecule has 0 aromatic rings. The molecule has 0 bridgehead atoms. The summed E-state index contributed by atoms with van der Waals surface area (Å²) < 4.78 is 5.42. The quantitative estimate of drug-likeness (QED) is 0.701. The zero-order valence-electron chi connectivity index (χ0n) is 7.71. The molecule has 12 heavy (non-hydrogen) atoms. The predicted octanol–water partition coefficient (Wildman–Crippen LogP) is 2.57. The van der Waals surface area contributed by atoms with E-state index in [0.29, 0.717) is 5.76 Å². The first-order valence-corrected chi connectivity index (χ1v) is 4.36. The fraction of sp³-hybridized carbons (Fsp3) is 0.600. The number of ether oxygens (including phenoxy) is 1. The molecule has 0 saturated carbocycles. The van der Waals surface area contributed by atoms with Crippen molar-refractivity contribution in [2.45, 2.75) is 31.8 Å². The average molecular weight is 168 g/mol. The molecule has 0 fully saturated rings. The van der Waals surface area contributed by atoms with Crippen LogP contribution in [-0.2, 0) is 4.74 Å². The topological polar surface area (TPSA) is 29.5 Å². The van der Waals surface area contributed by atoms with Gasteiger partial charge >= 0.3 is 0 Å². The van der Waals surface area contributed by atoms with Crippen molar-refractivity contribution in [2.24, 2.45) is 0 Å². The minimum Gasteiger partial charge on any atom is -0.508 e. The van der Waals surface area contributed by atoms with Gasteiger partial charge in [0.1, 0.15) is 5.76 Å². The third-order valence-electron chi connectivity index (χ3n) is 2.29. The van der Waals surface area contributed by atoms with Crippen molar-refractivity contribution in [3.63, 3.8) is 0 Å². The number of hydrogen-bond acceptors (Lipinski definition) is 2. The third kappa shape index (κ3) is 1.89. The normalized spacial score (nSPS) is 28.7. The summed E-state index contributed by atoms with van der Waals surface area (Å²) in [6.07, 6.45) is 8.34. The molecule has 1 N–H and O–H groups in total. The Hall–Kier alpha value is -0.760. The van der Waals surface area contributed by atoms with Crippen LogP contribution < -0.4 is 0 Å². The first-order valence-electron chi connectivity index (χ1n) is 4.36. The highest BCUT2D eigenvalue weighted by atomic mass is 16.5. The molecule has 68 valence electrons. The fourth-order valence-corrected chi connectivity index (χ4v) is 1.51. The van der Waals surface area contributed by atoms with Crippen LogP contribution in [0.25, 0.3) is 0 Å². The molecule has 1 aliphatic rings. The maximum atomic E-state index is 9.12. The summed E-state index contributed by atoms with van der Waals surface area (Å²) in [5.41, 5.74) is -0.166. The molecule has 0 saturated heterocycles. The van der Waals surface area contributed by atoms with Crippen molar-refractivity contribution in [1.82, 2.24) is 0 Å². The number of methoxy groups -OCH3 is 1. The van der Waals surface area contributed by atoms with E-state index in [9.17, 15) is 0 Å². The van der Waals surface area contributed by atoms with E-state index >= 15 is 0 Å².